The number of rotatable bonds is 2. The number of thioether (sulfide) groups is 1. The summed E-state index contributed by atoms with van der Waals surface area (Å²) in [7, 11) is 0. The zero-order valence-corrected chi connectivity index (χ0v) is 9.26. The van der Waals surface area contributed by atoms with Crippen LogP contribution in [0.25, 0.3) is 0 Å². The van der Waals surface area contributed by atoms with Crippen molar-refractivity contribution in [1.29, 1.82) is 0 Å². The maximum atomic E-state index is 5.83. The molecular formula is C8H8BrClS. The van der Waals surface area contributed by atoms with Gasteiger partial charge in [0.2, 0.25) is 0 Å². The Hall–Kier alpha value is 0.340. The first-order chi connectivity index (χ1) is 5.24. The molecule has 0 spiro atoms. The number of hydrogen-bond acceptors (Lipinski definition) is 1. The predicted molar refractivity (Wildman–Crippen MR) is 56.4 cm³/mol. The molecule has 0 N–H and O–H groups in total. The maximum absolute atomic E-state index is 5.83. The summed E-state index contributed by atoms with van der Waals surface area (Å²) >= 11 is 11.0. The highest BCUT2D eigenvalue weighted by molar-refractivity contribution is 9.10. The van der Waals surface area contributed by atoms with Gasteiger partial charge in [-0.15, -0.1) is 0 Å². The van der Waals surface area contributed by atoms with Crippen LogP contribution >= 0.6 is 39.3 Å². The van der Waals surface area contributed by atoms with E-state index in [1.807, 2.05) is 12.1 Å². The largest absolute Gasteiger partial charge is 0.161 e. The first-order valence-corrected chi connectivity index (χ1v) is 5.73. The van der Waals surface area contributed by atoms with Gasteiger partial charge in [-0.3, -0.25) is 0 Å². The van der Waals surface area contributed by atoms with Crippen molar-refractivity contribution in [3.63, 3.8) is 0 Å². The summed E-state index contributed by atoms with van der Waals surface area (Å²) in [6.07, 6.45) is 2.09. The average molecular weight is 252 g/mol. The lowest BCUT2D eigenvalue weighted by Gasteiger charge is -1.99. The molecular weight excluding hydrogens is 244 g/mol. The second-order valence-electron chi connectivity index (χ2n) is 2.18. The molecule has 0 heterocycles. The van der Waals surface area contributed by atoms with E-state index in [1.54, 1.807) is 11.8 Å². The van der Waals surface area contributed by atoms with Gasteiger partial charge in [0, 0.05) is 10.2 Å². The van der Waals surface area contributed by atoms with Gasteiger partial charge in [-0.2, -0.15) is 11.8 Å². The monoisotopic (exact) mass is 250 g/mol. The van der Waals surface area contributed by atoms with E-state index in [0.29, 0.717) is 0 Å². The zero-order valence-electron chi connectivity index (χ0n) is 6.10. The fourth-order valence-electron chi connectivity index (χ4n) is 0.796. The van der Waals surface area contributed by atoms with Crippen molar-refractivity contribution < 1.29 is 0 Å². The molecule has 0 aliphatic carbocycles. The fourth-order valence-corrected chi connectivity index (χ4v) is 1.85. The van der Waals surface area contributed by atoms with Gasteiger partial charge >= 0.3 is 0 Å². The van der Waals surface area contributed by atoms with Crippen molar-refractivity contribution in [2.45, 2.75) is 5.75 Å². The number of benzene rings is 1. The van der Waals surface area contributed by atoms with E-state index in [1.165, 1.54) is 5.56 Å². The summed E-state index contributed by atoms with van der Waals surface area (Å²) in [5.74, 6) is 1.04. The first kappa shape index (κ1) is 9.43. The highest BCUT2D eigenvalue weighted by Crippen LogP contribution is 2.24. The van der Waals surface area contributed by atoms with E-state index < -0.39 is 0 Å². The predicted octanol–water partition coefficient (Wildman–Crippen LogP) is 3.97. The summed E-state index contributed by atoms with van der Waals surface area (Å²) in [5, 5.41) is 0.773. The highest BCUT2D eigenvalue weighted by Gasteiger charge is 1.97. The Bertz CT molecular complexity index is 250. The molecule has 1 rings (SSSR count). The number of halogens is 2. The van der Waals surface area contributed by atoms with Crippen LogP contribution in [0.1, 0.15) is 5.56 Å². The van der Waals surface area contributed by atoms with Crippen molar-refractivity contribution >= 4 is 39.3 Å². The molecule has 0 aliphatic heterocycles. The van der Waals surface area contributed by atoms with Crippen LogP contribution in [-0.2, 0) is 5.75 Å². The molecule has 0 unspecified atom stereocenters. The Kier molecular flexibility index (Phi) is 3.76. The normalized spacial score (nSPS) is 10.1. The Morgan fingerprint density at radius 1 is 1.55 bits per heavy atom. The third-order valence-electron chi connectivity index (χ3n) is 1.30. The molecule has 0 nitrogen and oxygen atoms in total. The zero-order chi connectivity index (χ0) is 8.27. The van der Waals surface area contributed by atoms with Gasteiger partial charge in [0.05, 0.1) is 5.02 Å². The topological polar surface area (TPSA) is 0 Å². The van der Waals surface area contributed by atoms with Gasteiger partial charge in [-0.25, -0.2) is 0 Å². The highest BCUT2D eigenvalue weighted by atomic mass is 79.9. The van der Waals surface area contributed by atoms with Gasteiger partial charge in [0.1, 0.15) is 0 Å². The molecule has 11 heavy (non-hydrogen) atoms. The minimum Gasteiger partial charge on any atom is -0.161 e. The van der Waals surface area contributed by atoms with Crippen molar-refractivity contribution in [1.82, 2.24) is 0 Å². The van der Waals surface area contributed by atoms with E-state index >= 15 is 0 Å². The second-order valence-corrected chi connectivity index (χ2v) is 4.31. The third-order valence-corrected chi connectivity index (χ3v) is 3.13. The lowest BCUT2D eigenvalue weighted by atomic mass is 10.2. The van der Waals surface area contributed by atoms with E-state index in [-0.39, 0.29) is 0 Å². The standard InChI is InChI=1S/C8H8BrClS/c1-11-5-6-2-3-8(10)7(9)4-6/h2-4H,5H2,1H3. The number of hydrogen-bond donors (Lipinski definition) is 0. The van der Waals surface area contributed by atoms with Crippen LogP contribution in [0.4, 0.5) is 0 Å². The van der Waals surface area contributed by atoms with Crippen LogP contribution < -0.4 is 0 Å². The minimum atomic E-state index is 0.773. The molecule has 0 atom stereocenters. The van der Waals surface area contributed by atoms with Gasteiger partial charge in [0.25, 0.3) is 0 Å². The summed E-state index contributed by atoms with van der Waals surface area (Å²) in [4.78, 5) is 0. The Labute approximate surface area is 84.5 Å². The Balaban J connectivity index is 2.86. The average Bonchev–Trinajstić information content (AvgIpc) is 1.98. The fraction of sp³-hybridized carbons (Fsp3) is 0.250. The minimum absolute atomic E-state index is 0.773. The first-order valence-electron chi connectivity index (χ1n) is 3.17. The van der Waals surface area contributed by atoms with Crippen molar-refractivity contribution in [2.24, 2.45) is 0 Å². The van der Waals surface area contributed by atoms with E-state index in [2.05, 4.69) is 28.3 Å². The van der Waals surface area contributed by atoms with Crippen molar-refractivity contribution in [2.75, 3.05) is 6.26 Å². The SMILES string of the molecule is CSCc1ccc(Cl)c(Br)c1. The third kappa shape index (κ3) is 2.69. The van der Waals surface area contributed by atoms with Crippen molar-refractivity contribution in [3.8, 4) is 0 Å². The summed E-state index contributed by atoms with van der Waals surface area (Å²) in [6, 6.07) is 6.01. The van der Waals surface area contributed by atoms with Crippen LogP contribution in [0.2, 0.25) is 5.02 Å². The molecule has 0 fully saturated rings. The van der Waals surface area contributed by atoms with Gasteiger partial charge in [0.15, 0.2) is 0 Å². The molecule has 0 aromatic heterocycles. The second kappa shape index (κ2) is 4.39. The van der Waals surface area contributed by atoms with E-state index in [4.69, 9.17) is 11.6 Å². The van der Waals surface area contributed by atoms with Gasteiger partial charge in [-0.05, 0) is 39.9 Å². The molecule has 0 saturated heterocycles. The van der Waals surface area contributed by atoms with Gasteiger partial charge < -0.3 is 0 Å². The van der Waals surface area contributed by atoms with Crippen LogP contribution in [0.15, 0.2) is 22.7 Å². The molecule has 0 amide bonds. The lowest BCUT2D eigenvalue weighted by molar-refractivity contribution is 1.40. The smallest absolute Gasteiger partial charge is 0.0548 e. The van der Waals surface area contributed by atoms with Gasteiger partial charge in [-0.1, -0.05) is 17.7 Å². The molecule has 3 heteroatoms. The molecule has 60 valence electrons. The van der Waals surface area contributed by atoms with Crippen LogP contribution in [-0.4, -0.2) is 6.26 Å². The molecule has 0 saturated carbocycles. The summed E-state index contributed by atoms with van der Waals surface area (Å²) in [6.45, 7) is 0. The lowest BCUT2D eigenvalue weighted by Crippen LogP contribution is -1.79. The van der Waals surface area contributed by atoms with Crippen LogP contribution in [0.3, 0.4) is 0 Å². The summed E-state index contributed by atoms with van der Waals surface area (Å²) in [5.41, 5.74) is 1.30. The molecule has 0 bridgehead atoms. The molecule has 1 aromatic carbocycles. The molecule has 0 aliphatic rings. The van der Waals surface area contributed by atoms with Crippen LogP contribution in [0, 0.1) is 0 Å². The quantitative estimate of drug-likeness (QED) is 0.766. The molecule has 0 radical (unpaired) electrons. The molecule has 1 aromatic rings. The van der Waals surface area contributed by atoms with Crippen molar-refractivity contribution in [3.05, 3.63) is 33.3 Å². The van der Waals surface area contributed by atoms with E-state index in [0.717, 1.165) is 15.2 Å². The maximum Gasteiger partial charge on any atom is 0.0548 e. The summed E-state index contributed by atoms with van der Waals surface area (Å²) < 4.78 is 0.978. The Morgan fingerprint density at radius 2 is 2.27 bits per heavy atom. The Morgan fingerprint density at radius 3 is 2.82 bits per heavy atom. The van der Waals surface area contributed by atoms with Crippen LogP contribution in [0.5, 0.6) is 0 Å². The van der Waals surface area contributed by atoms with E-state index in [9.17, 15) is 0 Å².